The Labute approximate surface area is 260 Å². The first-order valence-corrected chi connectivity index (χ1v) is 16.4. The fourth-order valence-electron chi connectivity index (χ4n) is 5.37. The second kappa shape index (κ2) is 14.3. The van der Waals surface area contributed by atoms with Gasteiger partial charge in [0.15, 0.2) is 0 Å². The largest absolute Gasteiger partial charge is 0.497 e. The molecule has 0 aromatic heterocycles. The molecule has 4 rings (SSSR count). The van der Waals surface area contributed by atoms with E-state index < -0.39 is 28.5 Å². The van der Waals surface area contributed by atoms with Crippen molar-refractivity contribution in [3.05, 3.63) is 88.4 Å². The maximum absolute atomic E-state index is 14.2. The van der Waals surface area contributed by atoms with E-state index in [0.29, 0.717) is 22.0 Å². The van der Waals surface area contributed by atoms with Crippen LogP contribution in [0.15, 0.2) is 71.6 Å². The lowest BCUT2D eigenvalue weighted by atomic mass is 9.95. The molecule has 1 aliphatic rings. The number of sulfonamides is 1. The predicted octanol–water partition coefficient (Wildman–Crippen LogP) is 6.03. The number of anilines is 1. The molecule has 0 bridgehead atoms. The molecule has 0 radical (unpaired) electrons. The highest BCUT2D eigenvalue weighted by molar-refractivity contribution is 7.92. The highest BCUT2D eigenvalue weighted by atomic mass is 35.5. The van der Waals surface area contributed by atoms with E-state index in [0.717, 1.165) is 47.5 Å². The van der Waals surface area contributed by atoms with Crippen molar-refractivity contribution >= 4 is 39.1 Å². The van der Waals surface area contributed by atoms with E-state index in [-0.39, 0.29) is 23.4 Å². The summed E-state index contributed by atoms with van der Waals surface area (Å²) in [4.78, 5) is 29.2. The number of halogens is 1. The van der Waals surface area contributed by atoms with Crippen molar-refractivity contribution < 1.29 is 22.7 Å². The lowest BCUT2D eigenvalue weighted by molar-refractivity contribution is -0.139. The van der Waals surface area contributed by atoms with Crippen LogP contribution in [0.4, 0.5) is 5.69 Å². The van der Waals surface area contributed by atoms with Crippen LogP contribution in [0.2, 0.25) is 5.02 Å². The predicted molar refractivity (Wildman–Crippen MR) is 170 cm³/mol. The van der Waals surface area contributed by atoms with Crippen molar-refractivity contribution in [2.75, 3.05) is 18.0 Å². The van der Waals surface area contributed by atoms with Crippen LogP contribution in [0.25, 0.3) is 0 Å². The van der Waals surface area contributed by atoms with Gasteiger partial charge in [0.2, 0.25) is 11.8 Å². The van der Waals surface area contributed by atoms with Crippen LogP contribution in [0.3, 0.4) is 0 Å². The number of nitrogens with zero attached hydrogens (tertiary/aromatic N) is 2. The van der Waals surface area contributed by atoms with Crippen LogP contribution < -0.4 is 14.4 Å². The van der Waals surface area contributed by atoms with Gasteiger partial charge >= 0.3 is 0 Å². The quantitative estimate of drug-likeness (QED) is 0.281. The number of hydrogen-bond donors (Lipinski definition) is 1. The summed E-state index contributed by atoms with van der Waals surface area (Å²) >= 11 is 6.20. The summed E-state index contributed by atoms with van der Waals surface area (Å²) in [5.74, 6) is -0.164. The number of nitrogens with one attached hydrogen (secondary N) is 1. The number of aryl methyl sites for hydroxylation is 2. The minimum absolute atomic E-state index is 0.0580. The zero-order chi connectivity index (χ0) is 31.1. The van der Waals surface area contributed by atoms with E-state index in [1.807, 2.05) is 19.1 Å². The van der Waals surface area contributed by atoms with Gasteiger partial charge in [-0.2, -0.15) is 0 Å². The van der Waals surface area contributed by atoms with Gasteiger partial charge in [-0.25, -0.2) is 8.42 Å². The smallest absolute Gasteiger partial charge is 0.264 e. The minimum atomic E-state index is -4.16. The molecule has 0 heterocycles. The highest BCUT2D eigenvalue weighted by Gasteiger charge is 2.34. The molecule has 230 valence electrons. The van der Waals surface area contributed by atoms with Crippen molar-refractivity contribution in [1.29, 1.82) is 0 Å². The number of methoxy groups -OCH3 is 1. The molecule has 3 aromatic rings. The van der Waals surface area contributed by atoms with E-state index in [4.69, 9.17) is 16.3 Å². The Morgan fingerprint density at radius 2 is 1.70 bits per heavy atom. The van der Waals surface area contributed by atoms with Crippen LogP contribution in [0, 0.1) is 13.8 Å². The standard InChI is InChI=1S/C33H40ClN3O5S/c1-23-13-16-30(17-14-23)43(40,41)37(31-18-15-27(34)19-24(31)2)22-32(38)36(21-26-9-8-12-29(20-26)42-4)25(3)33(39)35-28-10-6-5-7-11-28/h8-9,12-20,25,28H,5-7,10-11,21-22H2,1-4H3,(H,35,39)/t25-/m1/s1. The summed E-state index contributed by atoms with van der Waals surface area (Å²) in [6.45, 7) is 4.88. The fraction of sp³-hybridized carbons (Fsp3) is 0.394. The third kappa shape index (κ3) is 8.09. The third-order valence-corrected chi connectivity index (χ3v) is 9.93. The monoisotopic (exact) mass is 625 g/mol. The van der Waals surface area contributed by atoms with Gasteiger partial charge in [-0.3, -0.25) is 13.9 Å². The maximum atomic E-state index is 14.2. The summed E-state index contributed by atoms with van der Waals surface area (Å²) in [5, 5.41) is 3.57. The van der Waals surface area contributed by atoms with Crippen LogP contribution in [-0.2, 0) is 26.2 Å². The molecule has 0 aliphatic heterocycles. The van der Waals surface area contributed by atoms with Crippen molar-refractivity contribution in [2.45, 2.75) is 76.4 Å². The summed E-state index contributed by atoms with van der Waals surface area (Å²) in [7, 11) is -2.60. The first-order chi connectivity index (χ1) is 20.5. The van der Waals surface area contributed by atoms with E-state index in [1.165, 1.54) is 17.0 Å². The molecule has 10 heteroatoms. The second-order valence-corrected chi connectivity index (χ2v) is 13.4. The number of amides is 2. The third-order valence-electron chi connectivity index (χ3n) is 7.92. The molecule has 8 nitrogen and oxygen atoms in total. The van der Waals surface area contributed by atoms with Gasteiger partial charge < -0.3 is 15.0 Å². The molecule has 43 heavy (non-hydrogen) atoms. The number of benzene rings is 3. The summed E-state index contributed by atoms with van der Waals surface area (Å²) in [6, 6.07) is 17.8. The number of ether oxygens (including phenoxy) is 1. The molecule has 1 N–H and O–H groups in total. The molecule has 0 saturated heterocycles. The van der Waals surface area contributed by atoms with Gasteiger partial charge in [-0.1, -0.05) is 60.7 Å². The minimum Gasteiger partial charge on any atom is -0.497 e. The van der Waals surface area contributed by atoms with Gasteiger partial charge in [0, 0.05) is 17.6 Å². The van der Waals surface area contributed by atoms with Crippen molar-refractivity contribution in [2.24, 2.45) is 0 Å². The maximum Gasteiger partial charge on any atom is 0.264 e. The lowest BCUT2D eigenvalue weighted by Gasteiger charge is -2.33. The Balaban J connectivity index is 1.71. The zero-order valence-corrected chi connectivity index (χ0v) is 26.7. The summed E-state index contributed by atoms with van der Waals surface area (Å²) in [5.41, 5.74) is 2.59. The van der Waals surface area contributed by atoms with Gasteiger partial charge in [0.25, 0.3) is 10.0 Å². The number of carbonyl (C=O) groups excluding carboxylic acids is 2. The average Bonchev–Trinajstić information content (AvgIpc) is 2.99. The van der Waals surface area contributed by atoms with E-state index in [2.05, 4.69) is 5.32 Å². The summed E-state index contributed by atoms with van der Waals surface area (Å²) in [6.07, 6.45) is 5.06. The van der Waals surface area contributed by atoms with E-state index in [1.54, 1.807) is 63.4 Å². The molecule has 1 aliphatic carbocycles. The van der Waals surface area contributed by atoms with Crippen LogP contribution >= 0.6 is 11.6 Å². The van der Waals surface area contributed by atoms with Crippen molar-refractivity contribution in [1.82, 2.24) is 10.2 Å². The van der Waals surface area contributed by atoms with E-state index >= 15 is 0 Å². The topological polar surface area (TPSA) is 96.0 Å². The molecular weight excluding hydrogens is 586 g/mol. The molecule has 1 saturated carbocycles. The van der Waals surface area contributed by atoms with Gasteiger partial charge in [0.1, 0.15) is 18.3 Å². The fourth-order valence-corrected chi connectivity index (χ4v) is 7.07. The normalized spacial score (nSPS) is 14.5. The van der Waals surface area contributed by atoms with Crippen molar-refractivity contribution in [3.63, 3.8) is 0 Å². The van der Waals surface area contributed by atoms with Crippen LogP contribution in [0.1, 0.15) is 55.7 Å². The van der Waals surface area contributed by atoms with Crippen LogP contribution in [0.5, 0.6) is 5.75 Å². The average molecular weight is 626 g/mol. The first-order valence-electron chi connectivity index (χ1n) is 14.6. The van der Waals surface area contributed by atoms with Gasteiger partial charge in [0.05, 0.1) is 17.7 Å². The second-order valence-electron chi connectivity index (χ2n) is 11.1. The van der Waals surface area contributed by atoms with E-state index in [9.17, 15) is 18.0 Å². The molecule has 0 unspecified atom stereocenters. The number of hydrogen-bond acceptors (Lipinski definition) is 5. The van der Waals surface area contributed by atoms with Crippen molar-refractivity contribution in [3.8, 4) is 5.75 Å². The molecule has 0 spiro atoms. The Bertz CT molecular complexity index is 1540. The number of carbonyl (C=O) groups is 2. The molecular formula is C33H40ClN3O5S. The Hall–Kier alpha value is -3.56. The van der Waals surface area contributed by atoms with Crippen LogP contribution in [-0.4, -0.2) is 50.9 Å². The Morgan fingerprint density at radius 1 is 1.00 bits per heavy atom. The van der Waals surface area contributed by atoms with Gasteiger partial charge in [-0.05, 0) is 87.2 Å². The van der Waals surface area contributed by atoms with Gasteiger partial charge in [-0.15, -0.1) is 0 Å². The SMILES string of the molecule is COc1cccc(CN(C(=O)CN(c2ccc(Cl)cc2C)S(=O)(=O)c2ccc(C)cc2)[C@H](C)C(=O)NC2CCCCC2)c1. The Kier molecular flexibility index (Phi) is 10.7. The molecule has 1 atom stereocenters. The highest BCUT2D eigenvalue weighted by Crippen LogP contribution is 2.30. The molecule has 3 aromatic carbocycles. The zero-order valence-electron chi connectivity index (χ0n) is 25.2. The molecule has 1 fully saturated rings. The lowest BCUT2D eigenvalue weighted by Crippen LogP contribution is -2.53. The number of rotatable bonds is 11. The summed E-state index contributed by atoms with van der Waals surface area (Å²) < 4.78 is 34.6. The first kappa shape index (κ1) is 32.4. The molecule has 2 amide bonds. The Morgan fingerprint density at radius 3 is 2.35 bits per heavy atom.